The van der Waals surface area contributed by atoms with Crippen molar-refractivity contribution in [1.29, 1.82) is 0 Å². The van der Waals surface area contributed by atoms with Crippen LogP contribution in [0.1, 0.15) is 23.0 Å². The molecule has 0 unspecified atom stereocenters. The summed E-state index contributed by atoms with van der Waals surface area (Å²) in [5.74, 6) is -0.647. The van der Waals surface area contributed by atoms with Gasteiger partial charge in [-0.2, -0.15) is 0 Å². The Hall–Kier alpha value is -3.09. The Kier molecular flexibility index (Phi) is 4.79. The van der Waals surface area contributed by atoms with E-state index in [0.717, 1.165) is 5.56 Å². The first kappa shape index (κ1) is 17.7. The molecule has 2 aromatic carbocycles. The Morgan fingerprint density at radius 1 is 1.04 bits per heavy atom. The lowest BCUT2D eigenvalue weighted by atomic mass is 10.1. The van der Waals surface area contributed by atoms with E-state index in [9.17, 15) is 18.0 Å². The minimum absolute atomic E-state index is 0.0533. The molecule has 3 rings (SSSR count). The van der Waals surface area contributed by atoms with Crippen LogP contribution < -0.4 is 9.47 Å². The SMILES string of the molecule is CC(=O)c1nc2cccc(OC(F)(F)F)c2cc1OCc1ccccc1. The molecule has 3 aromatic rings. The van der Waals surface area contributed by atoms with Crippen LogP contribution in [0.5, 0.6) is 11.5 Å². The number of pyridine rings is 1. The quantitative estimate of drug-likeness (QED) is 0.606. The van der Waals surface area contributed by atoms with Gasteiger partial charge in [0.2, 0.25) is 0 Å². The molecule has 0 saturated heterocycles. The highest BCUT2D eigenvalue weighted by Crippen LogP contribution is 2.33. The fourth-order valence-electron chi connectivity index (χ4n) is 2.46. The van der Waals surface area contributed by atoms with Crippen LogP contribution >= 0.6 is 0 Å². The predicted octanol–water partition coefficient (Wildman–Crippen LogP) is 4.92. The third-order valence-corrected chi connectivity index (χ3v) is 3.58. The average molecular weight is 361 g/mol. The molecule has 0 bridgehead atoms. The first-order chi connectivity index (χ1) is 12.3. The highest BCUT2D eigenvalue weighted by Gasteiger charge is 2.32. The molecular weight excluding hydrogens is 347 g/mol. The van der Waals surface area contributed by atoms with Crippen LogP contribution in [-0.4, -0.2) is 17.1 Å². The second-order valence-electron chi connectivity index (χ2n) is 5.54. The summed E-state index contributed by atoms with van der Waals surface area (Å²) in [5, 5.41) is 0.109. The maximum atomic E-state index is 12.6. The van der Waals surface area contributed by atoms with Crippen LogP contribution in [0, 0.1) is 0 Å². The molecule has 0 aliphatic carbocycles. The normalized spacial score (nSPS) is 11.4. The van der Waals surface area contributed by atoms with Crippen molar-refractivity contribution in [2.24, 2.45) is 0 Å². The molecule has 134 valence electrons. The smallest absolute Gasteiger partial charge is 0.486 e. The van der Waals surface area contributed by atoms with Gasteiger partial charge in [0.25, 0.3) is 0 Å². The summed E-state index contributed by atoms with van der Waals surface area (Å²) >= 11 is 0. The van der Waals surface area contributed by atoms with E-state index in [4.69, 9.17) is 4.74 Å². The summed E-state index contributed by atoms with van der Waals surface area (Å²) in [6, 6.07) is 14.6. The van der Waals surface area contributed by atoms with Crippen molar-refractivity contribution in [3.63, 3.8) is 0 Å². The summed E-state index contributed by atoms with van der Waals surface area (Å²) in [5.41, 5.74) is 1.11. The van der Waals surface area contributed by atoms with Crippen LogP contribution in [0.3, 0.4) is 0 Å². The van der Waals surface area contributed by atoms with Gasteiger partial charge in [0, 0.05) is 12.3 Å². The van der Waals surface area contributed by atoms with Gasteiger partial charge in [-0.3, -0.25) is 4.79 Å². The number of alkyl halides is 3. The van der Waals surface area contributed by atoms with Gasteiger partial charge in [0.15, 0.2) is 5.78 Å². The Bertz CT molecular complexity index is 940. The van der Waals surface area contributed by atoms with Crippen LogP contribution in [0.25, 0.3) is 10.9 Å². The summed E-state index contributed by atoms with van der Waals surface area (Å²) in [7, 11) is 0. The molecule has 7 heteroatoms. The summed E-state index contributed by atoms with van der Waals surface area (Å²) < 4.78 is 47.6. The van der Waals surface area contributed by atoms with E-state index < -0.39 is 12.1 Å². The van der Waals surface area contributed by atoms with Gasteiger partial charge >= 0.3 is 6.36 Å². The van der Waals surface area contributed by atoms with E-state index in [1.807, 2.05) is 30.3 Å². The maximum Gasteiger partial charge on any atom is 0.573 e. The number of aromatic nitrogens is 1. The molecule has 0 atom stereocenters. The van der Waals surface area contributed by atoms with Crippen molar-refractivity contribution < 1.29 is 27.4 Å². The molecule has 26 heavy (non-hydrogen) atoms. The van der Waals surface area contributed by atoms with Crippen molar-refractivity contribution in [1.82, 2.24) is 4.98 Å². The monoisotopic (exact) mass is 361 g/mol. The number of hydrogen-bond donors (Lipinski definition) is 0. The fraction of sp³-hybridized carbons (Fsp3) is 0.158. The zero-order chi connectivity index (χ0) is 18.7. The molecule has 0 amide bonds. The number of Topliss-reactive ketones (excluding diaryl/α,β-unsaturated/α-hetero) is 1. The number of fused-ring (bicyclic) bond motifs is 1. The minimum Gasteiger partial charge on any atom is -0.486 e. The number of carbonyl (C=O) groups is 1. The first-order valence-electron chi connectivity index (χ1n) is 7.70. The van der Waals surface area contributed by atoms with E-state index in [2.05, 4.69) is 9.72 Å². The van der Waals surface area contributed by atoms with Crippen LogP contribution in [0.4, 0.5) is 13.2 Å². The van der Waals surface area contributed by atoms with E-state index in [1.54, 1.807) is 0 Å². The van der Waals surface area contributed by atoms with Crippen LogP contribution in [-0.2, 0) is 6.61 Å². The Balaban J connectivity index is 2.03. The molecule has 0 aliphatic rings. The number of carbonyl (C=O) groups excluding carboxylic acids is 1. The molecule has 0 N–H and O–H groups in total. The zero-order valence-corrected chi connectivity index (χ0v) is 13.7. The average Bonchev–Trinajstić information content (AvgIpc) is 2.59. The second kappa shape index (κ2) is 7.03. The number of benzene rings is 2. The minimum atomic E-state index is -4.83. The Morgan fingerprint density at radius 3 is 2.42 bits per heavy atom. The summed E-state index contributed by atoms with van der Waals surface area (Å²) in [4.78, 5) is 16.0. The van der Waals surface area contributed by atoms with E-state index in [1.165, 1.54) is 31.2 Å². The molecule has 0 aliphatic heterocycles. The largest absolute Gasteiger partial charge is 0.573 e. The Morgan fingerprint density at radius 2 is 1.77 bits per heavy atom. The highest BCUT2D eigenvalue weighted by atomic mass is 19.4. The van der Waals surface area contributed by atoms with E-state index in [-0.39, 0.29) is 34.7 Å². The van der Waals surface area contributed by atoms with Gasteiger partial charge < -0.3 is 9.47 Å². The maximum absolute atomic E-state index is 12.6. The zero-order valence-electron chi connectivity index (χ0n) is 13.7. The van der Waals surface area contributed by atoms with E-state index in [0.29, 0.717) is 0 Å². The number of nitrogens with zero attached hydrogens (tertiary/aromatic N) is 1. The van der Waals surface area contributed by atoms with Gasteiger partial charge in [-0.05, 0) is 23.8 Å². The molecule has 0 spiro atoms. The third-order valence-electron chi connectivity index (χ3n) is 3.58. The lowest BCUT2D eigenvalue weighted by Crippen LogP contribution is -2.17. The topological polar surface area (TPSA) is 48.4 Å². The lowest BCUT2D eigenvalue weighted by molar-refractivity contribution is -0.274. The third kappa shape index (κ3) is 4.11. The van der Waals surface area contributed by atoms with Crippen molar-refractivity contribution in [3.8, 4) is 11.5 Å². The van der Waals surface area contributed by atoms with Gasteiger partial charge in [-0.15, -0.1) is 13.2 Å². The molecule has 0 fully saturated rings. The van der Waals surface area contributed by atoms with Gasteiger partial charge in [0.05, 0.1) is 5.52 Å². The lowest BCUT2D eigenvalue weighted by Gasteiger charge is -2.14. The van der Waals surface area contributed by atoms with Crippen molar-refractivity contribution in [2.75, 3.05) is 0 Å². The first-order valence-corrected chi connectivity index (χ1v) is 7.70. The Labute approximate surface area is 147 Å². The standard InChI is InChI=1S/C19H14F3NO3/c1-12(24)18-17(25-11-13-6-3-2-4-7-13)10-14-15(23-18)8-5-9-16(14)26-19(20,21)22/h2-10H,11H2,1H3. The number of ketones is 1. The summed E-state index contributed by atoms with van der Waals surface area (Å²) in [6.07, 6.45) is -4.83. The fourth-order valence-corrected chi connectivity index (χ4v) is 2.46. The summed E-state index contributed by atoms with van der Waals surface area (Å²) in [6.45, 7) is 1.47. The molecule has 1 aromatic heterocycles. The van der Waals surface area contributed by atoms with E-state index >= 15 is 0 Å². The molecule has 0 saturated carbocycles. The van der Waals surface area contributed by atoms with Gasteiger partial charge in [-0.25, -0.2) is 4.98 Å². The number of halogens is 3. The number of hydrogen-bond acceptors (Lipinski definition) is 4. The molecular formula is C19H14F3NO3. The number of rotatable bonds is 5. The van der Waals surface area contributed by atoms with Crippen LogP contribution in [0.15, 0.2) is 54.6 Å². The van der Waals surface area contributed by atoms with Gasteiger partial charge in [-0.1, -0.05) is 36.4 Å². The van der Waals surface area contributed by atoms with Crippen LogP contribution in [0.2, 0.25) is 0 Å². The van der Waals surface area contributed by atoms with Crippen molar-refractivity contribution >= 4 is 16.7 Å². The molecule has 0 radical (unpaired) electrons. The predicted molar refractivity (Wildman–Crippen MR) is 89.2 cm³/mol. The number of ether oxygens (including phenoxy) is 2. The van der Waals surface area contributed by atoms with Crippen molar-refractivity contribution in [2.45, 2.75) is 19.9 Å². The highest BCUT2D eigenvalue weighted by molar-refractivity contribution is 5.99. The van der Waals surface area contributed by atoms with Gasteiger partial charge in [0.1, 0.15) is 23.8 Å². The molecule has 4 nitrogen and oxygen atoms in total. The second-order valence-corrected chi connectivity index (χ2v) is 5.54. The van der Waals surface area contributed by atoms with Crippen molar-refractivity contribution in [3.05, 3.63) is 65.9 Å². The molecule has 1 heterocycles.